The Labute approximate surface area is 102 Å². The van der Waals surface area contributed by atoms with Gasteiger partial charge in [-0.3, -0.25) is 9.36 Å². The zero-order valence-corrected chi connectivity index (χ0v) is 9.52. The fourth-order valence-corrected chi connectivity index (χ4v) is 1.59. The Hall–Kier alpha value is -2.28. The number of imidazole rings is 1. The van der Waals surface area contributed by atoms with Gasteiger partial charge in [-0.15, -0.1) is 0 Å². The van der Waals surface area contributed by atoms with E-state index < -0.39 is 5.91 Å². The zero-order chi connectivity index (χ0) is 12.4. The van der Waals surface area contributed by atoms with Crippen molar-refractivity contribution in [1.29, 1.82) is 0 Å². The van der Waals surface area contributed by atoms with Gasteiger partial charge in [0.1, 0.15) is 4.99 Å². The van der Waals surface area contributed by atoms with Crippen LogP contribution in [0.5, 0.6) is 0 Å². The Morgan fingerprint density at radius 1 is 1.29 bits per heavy atom. The molecule has 6 nitrogen and oxygen atoms in total. The van der Waals surface area contributed by atoms with Crippen molar-refractivity contribution in [1.82, 2.24) is 14.5 Å². The van der Waals surface area contributed by atoms with Crippen LogP contribution in [0.1, 0.15) is 16.2 Å². The first-order chi connectivity index (χ1) is 8.11. The Kier molecular flexibility index (Phi) is 2.84. The molecule has 1 amide bonds. The quantitative estimate of drug-likeness (QED) is 0.744. The first kappa shape index (κ1) is 11.2. The molecule has 86 valence electrons. The van der Waals surface area contributed by atoms with Gasteiger partial charge in [0.25, 0.3) is 5.91 Å². The number of pyridine rings is 1. The molecule has 0 bridgehead atoms. The average Bonchev–Trinajstić information content (AvgIpc) is 2.77. The molecule has 2 heterocycles. The van der Waals surface area contributed by atoms with Crippen LogP contribution in [0.2, 0.25) is 0 Å². The van der Waals surface area contributed by atoms with E-state index in [0.29, 0.717) is 11.6 Å². The number of carbonyl (C=O) groups excluding carboxylic acids is 1. The van der Waals surface area contributed by atoms with Crippen molar-refractivity contribution < 1.29 is 4.79 Å². The van der Waals surface area contributed by atoms with E-state index in [1.807, 2.05) is 0 Å². The second-order valence-corrected chi connectivity index (χ2v) is 3.66. The minimum Gasteiger partial charge on any atom is -0.387 e. The molecule has 0 saturated carbocycles. The minimum absolute atomic E-state index is 0.121. The van der Waals surface area contributed by atoms with Gasteiger partial charge in [0.2, 0.25) is 0 Å². The van der Waals surface area contributed by atoms with Crippen molar-refractivity contribution in [2.75, 3.05) is 0 Å². The van der Waals surface area contributed by atoms with Gasteiger partial charge in [-0.25, -0.2) is 9.97 Å². The first-order valence-corrected chi connectivity index (χ1v) is 5.10. The summed E-state index contributed by atoms with van der Waals surface area (Å²) in [5.41, 5.74) is 11.1. The number of nitrogens with zero attached hydrogens (tertiary/aromatic N) is 3. The van der Waals surface area contributed by atoms with Crippen LogP contribution in [0.3, 0.4) is 0 Å². The van der Waals surface area contributed by atoms with E-state index in [0.717, 1.165) is 0 Å². The fraction of sp³-hybridized carbons (Fsp3) is 0. The van der Waals surface area contributed by atoms with Gasteiger partial charge in [0.15, 0.2) is 11.6 Å². The van der Waals surface area contributed by atoms with Gasteiger partial charge >= 0.3 is 0 Å². The topological polar surface area (TPSA) is 99.8 Å². The molecule has 0 aromatic carbocycles. The van der Waals surface area contributed by atoms with Gasteiger partial charge in [-0.2, -0.15) is 0 Å². The molecule has 2 rings (SSSR count). The summed E-state index contributed by atoms with van der Waals surface area (Å²) in [5, 5.41) is 0. The Bertz CT molecular complexity index is 592. The summed E-state index contributed by atoms with van der Waals surface area (Å²) in [6, 6.07) is 3.20. The summed E-state index contributed by atoms with van der Waals surface area (Å²) in [6.07, 6.45) is 4.68. The predicted octanol–water partition coefficient (Wildman–Crippen LogP) is 0.000400. The van der Waals surface area contributed by atoms with E-state index in [9.17, 15) is 4.79 Å². The molecule has 0 aliphatic heterocycles. The molecule has 0 atom stereocenters. The number of primary amides is 1. The number of amides is 1. The molecule has 0 spiro atoms. The molecule has 0 unspecified atom stereocenters. The SMILES string of the molecule is NC(=O)c1cccnc1-n1ccnc1C(N)=S. The molecule has 0 fully saturated rings. The zero-order valence-electron chi connectivity index (χ0n) is 8.70. The second-order valence-electron chi connectivity index (χ2n) is 3.22. The van der Waals surface area contributed by atoms with Gasteiger partial charge in [-0.05, 0) is 12.1 Å². The number of nitrogens with two attached hydrogens (primary N) is 2. The van der Waals surface area contributed by atoms with Crippen LogP contribution in [-0.4, -0.2) is 25.4 Å². The maximum atomic E-state index is 11.3. The molecule has 2 aromatic rings. The van der Waals surface area contributed by atoms with E-state index in [4.69, 9.17) is 23.7 Å². The van der Waals surface area contributed by atoms with Gasteiger partial charge in [-0.1, -0.05) is 12.2 Å². The lowest BCUT2D eigenvalue weighted by atomic mass is 10.2. The molecule has 0 saturated heterocycles. The van der Waals surface area contributed by atoms with Crippen LogP contribution in [-0.2, 0) is 0 Å². The lowest BCUT2D eigenvalue weighted by Gasteiger charge is -2.08. The normalized spacial score (nSPS) is 10.1. The minimum atomic E-state index is -0.573. The molecule has 7 heteroatoms. The maximum absolute atomic E-state index is 11.3. The molecular formula is C10H9N5OS. The number of aromatic nitrogens is 3. The lowest BCUT2D eigenvalue weighted by molar-refractivity contribution is 0.1000. The number of hydrogen-bond donors (Lipinski definition) is 2. The Morgan fingerprint density at radius 3 is 2.71 bits per heavy atom. The van der Waals surface area contributed by atoms with Crippen LogP contribution in [0.25, 0.3) is 5.82 Å². The smallest absolute Gasteiger partial charge is 0.252 e. The summed E-state index contributed by atoms with van der Waals surface area (Å²) in [7, 11) is 0. The van der Waals surface area contributed by atoms with E-state index in [1.165, 1.54) is 10.8 Å². The third-order valence-electron chi connectivity index (χ3n) is 2.14. The van der Waals surface area contributed by atoms with Crippen LogP contribution >= 0.6 is 12.2 Å². The van der Waals surface area contributed by atoms with Crippen molar-refractivity contribution in [2.45, 2.75) is 0 Å². The van der Waals surface area contributed by atoms with Crippen molar-refractivity contribution in [2.24, 2.45) is 11.5 Å². The molecule has 2 aromatic heterocycles. The fourth-order valence-electron chi connectivity index (χ4n) is 1.44. The third-order valence-corrected chi connectivity index (χ3v) is 2.32. The number of thiocarbonyl (C=S) groups is 1. The van der Waals surface area contributed by atoms with Gasteiger partial charge in [0.05, 0.1) is 5.56 Å². The highest BCUT2D eigenvalue weighted by molar-refractivity contribution is 7.80. The van der Waals surface area contributed by atoms with Crippen LogP contribution < -0.4 is 11.5 Å². The average molecular weight is 247 g/mol. The van der Waals surface area contributed by atoms with Crippen LogP contribution in [0, 0.1) is 0 Å². The van der Waals surface area contributed by atoms with Crippen molar-refractivity contribution in [3.8, 4) is 5.82 Å². The number of rotatable bonds is 3. The van der Waals surface area contributed by atoms with Crippen molar-refractivity contribution in [3.05, 3.63) is 42.1 Å². The van der Waals surface area contributed by atoms with Crippen molar-refractivity contribution in [3.63, 3.8) is 0 Å². The molecule has 17 heavy (non-hydrogen) atoms. The van der Waals surface area contributed by atoms with Crippen molar-refractivity contribution >= 4 is 23.1 Å². The maximum Gasteiger partial charge on any atom is 0.252 e. The largest absolute Gasteiger partial charge is 0.387 e. The standard InChI is InChI=1S/C10H9N5OS/c11-7(16)6-2-1-3-13-9(6)15-5-4-14-10(15)8(12)17/h1-5H,(H2,11,16)(H2,12,17). The van der Waals surface area contributed by atoms with Gasteiger partial charge < -0.3 is 11.5 Å². The Morgan fingerprint density at radius 2 is 2.06 bits per heavy atom. The van der Waals surface area contributed by atoms with Crippen LogP contribution in [0.15, 0.2) is 30.7 Å². The van der Waals surface area contributed by atoms with E-state index >= 15 is 0 Å². The second kappa shape index (κ2) is 4.30. The summed E-state index contributed by atoms with van der Waals surface area (Å²) in [5.74, 6) is 0.150. The first-order valence-electron chi connectivity index (χ1n) is 4.69. The summed E-state index contributed by atoms with van der Waals surface area (Å²) >= 11 is 4.86. The van der Waals surface area contributed by atoms with E-state index in [1.54, 1.807) is 24.5 Å². The molecule has 0 radical (unpaired) electrons. The molecular weight excluding hydrogens is 238 g/mol. The highest BCUT2D eigenvalue weighted by atomic mass is 32.1. The highest BCUT2D eigenvalue weighted by Crippen LogP contribution is 2.12. The molecule has 0 aliphatic carbocycles. The van der Waals surface area contributed by atoms with Crippen LogP contribution in [0.4, 0.5) is 0 Å². The molecule has 0 aliphatic rings. The monoisotopic (exact) mass is 247 g/mol. The van der Waals surface area contributed by atoms with E-state index in [2.05, 4.69) is 9.97 Å². The lowest BCUT2D eigenvalue weighted by Crippen LogP contribution is -2.20. The van der Waals surface area contributed by atoms with E-state index in [-0.39, 0.29) is 10.6 Å². The summed E-state index contributed by atoms with van der Waals surface area (Å²) in [6.45, 7) is 0. The predicted molar refractivity (Wildman–Crippen MR) is 65.8 cm³/mol. The number of carbonyl (C=O) groups is 1. The van der Waals surface area contributed by atoms with Gasteiger partial charge in [0, 0.05) is 18.6 Å². The summed E-state index contributed by atoms with van der Waals surface area (Å²) in [4.78, 5) is 19.5. The third kappa shape index (κ3) is 2.00. The summed E-state index contributed by atoms with van der Waals surface area (Å²) < 4.78 is 1.53. The Balaban J connectivity index is 2.64. The highest BCUT2D eigenvalue weighted by Gasteiger charge is 2.14. The molecule has 4 N–H and O–H groups in total. The number of hydrogen-bond acceptors (Lipinski definition) is 4.